The number of carbonyl (C=O) groups is 3. The van der Waals surface area contributed by atoms with Crippen LogP contribution in [0.25, 0.3) is 0 Å². The second-order valence-corrected chi connectivity index (χ2v) is 15.0. The van der Waals surface area contributed by atoms with Crippen LogP contribution in [0.2, 0.25) is 0 Å². The van der Waals surface area contributed by atoms with E-state index >= 15 is 0 Å². The number of ether oxygens (including phenoxy) is 3. The van der Waals surface area contributed by atoms with E-state index in [4.69, 9.17) is 14.2 Å². The maximum absolute atomic E-state index is 12.7. The van der Waals surface area contributed by atoms with Gasteiger partial charge in [-0.25, -0.2) is 0 Å². The fraction of sp³-hybridized carbons (Fsp3) is 0.635. The number of allylic oxidation sites excluding steroid dienone is 16. The first-order chi connectivity index (χ1) is 28.5. The van der Waals surface area contributed by atoms with Crippen LogP contribution in [-0.4, -0.2) is 37.2 Å². The molecular formula is C52H84O6. The molecule has 0 bridgehead atoms. The molecule has 0 aromatic carbocycles. The van der Waals surface area contributed by atoms with Crippen LogP contribution in [0.5, 0.6) is 0 Å². The summed E-state index contributed by atoms with van der Waals surface area (Å²) in [6.07, 6.45) is 59.7. The van der Waals surface area contributed by atoms with Crippen molar-refractivity contribution in [1.82, 2.24) is 0 Å². The van der Waals surface area contributed by atoms with Crippen LogP contribution < -0.4 is 0 Å². The second kappa shape index (κ2) is 46.0. The van der Waals surface area contributed by atoms with E-state index in [-0.39, 0.29) is 31.6 Å². The number of esters is 3. The zero-order valence-corrected chi connectivity index (χ0v) is 37.3. The van der Waals surface area contributed by atoms with Crippen LogP contribution in [0.1, 0.15) is 194 Å². The largest absolute Gasteiger partial charge is 0.462 e. The van der Waals surface area contributed by atoms with Crippen molar-refractivity contribution in [2.45, 2.75) is 200 Å². The van der Waals surface area contributed by atoms with E-state index in [2.05, 4.69) is 63.3 Å². The minimum absolute atomic E-state index is 0.115. The summed E-state index contributed by atoms with van der Waals surface area (Å²) in [4.78, 5) is 37.7. The zero-order valence-electron chi connectivity index (χ0n) is 37.3. The molecule has 0 aliphatic rings. The van der Waals surface area contributed by atoms with Crippen molar-refractivity contribution in [3.05, 3.63) is 97.2 Å². The minimum Gasteiger partial charge on any atom is -0.462 e. The summed E-state index contributed by atoms with van der Waals surface area (Å²) >= 11 is 0. The van der Waals surface area contributed by atoms with Gasteiger partial charge in [0, 0.05) is 19.3 Å². The van der Waals surface area contributed by atoms with E-state index < -0.39 is 12.1 Å². The Balaban J connectivity index is 4.49. The van der Waals surface area contributed by atoms with Crippen LogP contribution in [-0.2, 0) is 28.6 Å². The van der Waals surface area contributed by atoms with E-state index in [1.54, 1.807) is 0 Å². The maximum atomic E-state index is 12.7. The van der Waals surface area contributed by atoms with Crippen molar-refractivity contribution in [3.63, 3.8) is 0 Å². The topological polar surface area (TPSA) is 78.9 Å². The predicted molar refractivity (Wildman–Crippen MR) is 247 cm³/mol. The van der Waals surface area contributed by atoms with Gasteiger partial charge in [-0.15, -0.1) is 0 Å². The molecule has 0 N–H and O–H groups in total. The zero-order chi connectivity index (χ0) is 42.3. The predicted octanol–water partition coefficient (Wildman–Crippen LogP) is 15.0. The maximum Gasteiger partial charge on any atom is 0.306 e. The highest BCUT2D eigenvalue weighted by Gasteiger charge is 2.19. The smallest absolute Gasteiger partial charge is 0.306 e. The van der Waals surface area contributed by atoms with E-state index in [1.807, 2.05) is 54.7 Å². The van der Waals surface area contributed by atoms with Gasteiger partial charge in [-0.1, -0.05) is 189 Å². The molecule has 0 radical (unpaired) electrons. The molecule has 6 heteroatoms. The quantitative estimate of drug-likeness (QED) is 0.0202. The molecule has 0 aromatic heterocycles. The van der Waals surface area contributed by atoms with Crippen molar-refractivity contribution >= 4 is 17.9 Å². The third-order valence-electron chi connectivity index (χ3n) is 9.42. The van der Waals surface area contributed by atoms with Crippen molar-refractivity contribution in [1.29, 1.82) is 0 Å². The van der Waals surface area contributed by atoms with Gasteiger partial charge in [0.15, 0.2) is 6.10 Å². The number of carbonyl (C=O) groups excluding carboxylic acids is 3. The Morgan fingerprint density at radius 2 is 0.776 bits per heavy atom. The van der Waals surface area contributed by atoms with Crippen LogP contribution in [0, 0.1) is 0 Å². The third-order valence-corrected chi connectivity index (χ3v) is 9.42. The summed E-state index contributed by atoms with van der Waals surface area (Å²) in [6.45, 7) is 6.32. The molecule has 328 valence electrons. The highest BCUT2D eigenvalue weighted by Crippen LogP contribution is 2.12. The average molecular weight is 805 g/mol. The van der Waals surface area contributed by atoms with E-state index in [9.17, 15) is 14.4 Å². The fourth-order valence-electron chi connectivity index (χ4n) is 5.89. The van der Waals surface area contributed by atoms with Crippen molar-refractivity contribution in [2.75, 3.05) is 13.2 Å². The summed E-state index contributed by atoms with van der Waals surface area (Å²) in [5, 5.41) is 0. The summed E-state index contributed by atoms with van der Waals surface area (Å²) in [5.41, 5.74) is 0. The molecule has 0 aliphatic carbocycles. The fourth-order valence-corrected chi connectivity index (χ4v) is 5.89. The monoisotopic (exact) mass is 805 g/mol. The van der Waals surface area contributed by atoms with Crippen LogP contribution in [0.4, 0.5) is 0 Å². The molecule has 0 saturated heterocycles. The molecule has 0 fully saturated rings. The number of rotatable bonds is 40. The Bertz CT molecular complexity index is 1200. The van der Waals surface area contributed by atoms with E-state index in [0.717, 1.165) is 83.5 Å². The first-order valence-electron chi connectivity index (χ1n) is 23.3. The van der Waals surface area contributed by atoms with E-state index in [0.29, 0.717) is 19.3 Å². The normalized spacial score (nSPS) is 12.9. The molecule has 6 nitrogen and oxygen atoms in total. The summed E-state index contributed by atoms with van der Waals surface area (Å²) in [6, 6.07) is 0. The van der Waals surface area contributed by atoms with Crippen molar-refractivity contribution in [3.8, 4) is 0 Å². The van der Waals surface area contributed by atoms with Gasteiger partial charge in [0.1, 0.15) is 13.2 Å². The second-order valence-electron chi connectivity index (χ2n) is 15.0. The summed E-state index contributed by atoms with van der Waals surface area (Å²) in [5.74, 6) is -1.02. The molecule has 0 spiro atoms. The standard InChI is InChI=1S/C52H84O6/c1-4-7-10-13-16-19-22-24-25-26-27-29-30-33-36-39-42-45-51(54)57-48-49(47-56-50(53)44-41-38-35-32-21-18-15-12-9-6-3)58-52(55)46-43-40-37-34-31-28-23-20-17-14-11-8-5-2/h8,11,14-20,23-25,28,31,34,37,49H,4-7,9-10,12-13,21-22,26-27,29-30,32-33,35-36,38-48H2,1-3H3/b11-8-,17-14-,18-15-,19-16-,23-20-,25-24-,31-28-,37-34-. The Morgan fingerprint density at radius 3 is 1.29 bits per heavy atom. The minimum atomic E-state index is -0.821. The Kier molecular flexibility index (Phi) is 43.1. The third kappa shape index (κ3) is 43.5. The molecule has 1 unspecified atom stereocenters. The van der Waals surface area contributed by atoms with Gasteiger partial charge >= 0.3 is 17.9 Å². The van der Waals surface area contributed by atoms with Crippen molar-refractivity contribution in [2.24, 2.45) is 0 Å². The Hall–Kier alpha value is -3.67. The molecule has 0 amide bonds. The first kappa shape index (κ1) is 54.3. The highest BCUT2D eigenvalue weighted by molar-refractivity contribution is 5.71. The lowest BCUT2D eigenvalue weighted by Gasteiger charge is -2.18. The van der Waals surface area contributed by atoms with Gasteiger partial charge in [0.2, 0.25) is 0 Å². The molecular weight excluding hydrogens is 721 g/mol. The molecule has 1 atom stereocenters. The Labute approximate surface area is 356 Å². The van der Waals surface area contributed by atoms with E-state index in [1.165, 1.54) is 64.2 Å². The average Bonchev–Trinajstić information content (AvgIpc) is 3.22. The molecule has 0 heterocycles. The molecule has 58 heavy (non-hydrogen) atoms. The van der Waals surface area contributed by atoms with Gasteiger partial charge in [0.05, 0.1) is 0 Å². The Morgan fingerprint density at radius 1 is 0.379 bits per heavy atom. The lowest BCUT2D eigenvalue weighted by Crippen LogP contribution is -2.30. The summed E-state index contributed by atoms with van der Waals surface area (Å²) < 4.78 is 16.6. The molecule has 0 rings (SSSR count). The van der Waals surface area contributed by atoms with Crippen LogP contribution >= 0.6 is 0 Å². The van der Waals surface area contributed by atoms with Gasteiger partial charge in [0.25, 0.3) is 0 Å². The lowest BCUT2D eigenvalue weighted by molar-refractivity contribution is -0.167. The molecule has 0 aromatic rings. The molecule has 0 saturated carbocycles. The summed E-state index contributed by atoms with van der Waals surface area (Å²) in [7, 11) is 0. The lowest BCUT2D eigenvalue weighted by atomic mass is 10.1. The van der Waals surface area contributed by atoms with Crippen molar-refractivity contribution < 1.29 is 28.6 Å². The van der Waals surface area contributed by atoms with Crippen LogP contribution in [0.15, 0.2) is 97.2 Å². The number of hydrogen-bond acceptors (Lipinski definition) is 6. The van der Waals surface area contributed by atoms with Crippen LogP contribution in [0.3, 0.4) is 0 Å². The highest BCUT2D eigenvalue weighted by atomic mass is 16.6. The van der Waals surface area contributed by atoms with Gasteiger partial charge < -0.3 is 14.2 Å². The first-order valence-corrected chi connectivity index (χ1v) is 23.3. The number of unbranched alkanes of at least 4 members (excludes halogenated alkanes) is 17. The SMILES string of the molecule is CC\C=C/C=C\C=C/C=C\C=C/CCCC(=O)OC(COC(=O)CCCCCC/C=C\CCCC)COC(=O)CCCCCCCCC/C=C\C/C=C\CCCCC. The van der Waals surface area contributed by atoms with Gasteiger partial charge in [-0.2, -0.15) is 0 Å². The number of hydrogen-bond donors (Lipinski definition) is 0. The van der Waals surface area contributed by atoms with Gasteiger partial charge in [-0.05, 0) is 83.5 Å². The molecule has 0 aliphatic heterocycles. The van der Waals surface area contributed by atoms with Gasteiger partial charge in [-0.3, -0.25) is 14.4 Å².